The van der Waals surface area contributed by atoms with Crippen molar-refractivity contribution in [1.29, 1.82) is 0 Å². The lowest BCUT2D eigenvalue weighted by Crippen LogP contribution is -2.33. The highest BCUT2D eigenvalue weighted by atomic mass is 35.5. The van der Waals surface area contributed by atoms with E-state index in [0.717, 1.165) is 35.0 Å². The van der Waals surface area contributed by atoms with Crippen LogP contribution in [0, 0.1) is 0 Å². The number of nitrogens with one attached hydrogen (secondary N) is 1. The van der Waals surface area contributed by atoms with Crippen LogP contribution in [0.15, 0.2) is 84.9 Å². The van der Waals surface area contributed by atoms with Gasteiger partial charge in [0.05, 0.1) is 16.8 Å². The average molecular weight is 415 g/mol. The number of para-hydroxylation sites is 1. The van der Waals surface area contributed by atoms with E-state index in [4.69, 9.17) is 16.6 Å². The van der Waals surface area contributed by atoms with Gasteiger partial charge < -0.3 is 5.32 Å². The minimum atomic E-state index is -0.0793. The lowest BCUT2D eigenvalue weighted by atomic mass is 10.0. The van der Waals surface area contributed by atoms with Gasteiger partial charge in [-0.3, -0.25) is 4.79 Å². The number of aryl methyl sites for hydroxylation is 1. The number of fused-ring (bicyclic) bond motifs is 1. The van der Waals surface area contributed by atoms with Crippen LogP contribution in [0.4, 0.5) is 0 Å². The number of hydrogen-bond donors (Lipinski definition) is 1. The third-order valence-electron chi connectivity index (χ3n) is 5.19. The largest absolute Gasteiger partial charge is 0.350 e. The Hall–Kier alpha value is -3.17. The van der Waals surface area contributed by atoms with Crippen LogP contribution in [0.2, 0.25) is 5.02 Å². The highest BCUT2D eigenvalue weighted by Gasteiger charge is 2.16. The van der Waals surface area contributed by atoms with Crippen molar-refractivity contribution in [1.82, 2.24) is 10.3 Å². The second kappa shape index (κ2) is 9.10. The molecular weight excluding hydrogens is 392 g/mol. The van der Waals surface area contributed by atoms with Crippen molar-refractivity contribution in [3.8, 4) is 11.3 Å². The first-order valence-corrected chi connectivity index (χ1v) is 10.5. The predicted molar refractivity (Wildman–Crippen MR) is 124 cm³/mol. The number of benzene rings is 3. The fourth-order valence-electron chi connectivity index (χ4n) is 3.53. The SMILES string of the molecule is CC(CCc1ccccc1)NC(=O)c1cc(-c2ccc(Cl)cc2)nc2ccccc12. The Labute approximate surface area is 181 Å². The van der Waals surface area contributed by atoms with Crippen molar-refractivity contribution >= 4 is 28.4 Å². The maximum absolute atomic E-state index is 13.2. The van der Waals surface area contributed by atoms with Crippen molar-refractivity contribution in [2.45, 2.75) is 25.8 Å². The number of hydrogen-bond acceptors (Lipinski definition) is 2. The molecule has 0 fully saturated rings. The monoisotopic (exact) mass is 414 g/mol. The van der Waals surface area contributed by atoms with E-state index in [1.807, 2.05) is 79.7 Å². The molecule has 0 bridgehead atoms. The Morgan fingerprint density at radius 1 is 0.967 bits per heavy atom. The molecule has 0 aliphatic carbocycles. The molecule has 1 amide bonds. The number of rotatable bonds is 6. The van der Waals surface area contributed by atoms with Gasteiger partial charge in [0.15, 0.2) is 0 Å². The lowest BCUT2D eigenvalue weighted by Gasteiger charge is -2.16. The molecule has 0 aliphatic heterocycles. The zero-order valence-corrected chi connectivity index (χ0v) is 17.6. The molecule has 150 valence electrons. The Bertz CT molecular complexity index is 1160. The summed E-state index contributed by atoms with van der Waals surface area (Å²) in [6, 6.07) is 27.5. The van der Waals surface area contributed by atoms with Gasteiger partial charge in [-0.2, -0.15) is 0 Å². The van der Waals surface area contributed by atoms with Gasteiger partial charge in [-0.1, -0.05) is 72.3 Å². The fourth-order valence-corrected chi connectivity index (χ4v) is 3.66. The molecular formula is C26H23ClN2O. The summed E-state index contributed by atoms with van der Waals surface area (Å²) in [6.07, 6.45) is 1.80. The van der Waals surface area contributed by atoms with E-state index in [2.05, 4.69) is 17.4 Å². The molecule has 0 saturated heterocycles. The topological polar surface area (TPSA) is 42.0 Å². The maximum atomic E-state index is 13.2. The minimum Gasteiger partial charge on any atom is -0.350 e. The summed E-state index contributed by atoms with van der Waals surface area (Å²) in [5.41, 5.74) is 4.39. The second-order valence-electron chi connectivity index (χ2n) is 7.48. The Balaban J connectivity index is 1.58. The summed E-state index contributed by atoms with van der Waals surface area (Å²) in [4.78, 5) is 17.9. The molecule has 4 aromatic rings. The highest BCUT2D eigenvalue weighted by Crippen LogP contribution is 2.26. The molecule has 1 heterocycles. The van der Waals surface area contributed by atoms with E-state index in [9.17, 15) is 4.79 Å². The minimum absolute atomic E-state index is 0.0589. The summed E-state index contributed by atoms with van der Waals surface area (Å²) in [5.74, 6) is -0.0793. The molecule has 4 rings (SSSR count). The first-order chi connectivity index (χ1) is 14.6. The van der Waals surface area contributed by atoms with Crippen LogP contribution >= 0.6 is 11.6 Å². The summed E-state index contributed by atoms with van der Waals surface area (Å²) in [6.45, 7) is 2.05. The van der Waals surface area contributed by atoms with Crippen molar-refractivity contribution in [3.63, 3.8) is 0 Å². The third kappa shape index (κ3) is 4.69. The number of aromatic nitrogens is 1. The van der Waals surface area contributed by atoms with Gasteiger partial charge in [-0.05, 0) is 49.6 Å². The molecule has 1 aromatic heterocycles. The fraction of sp³-hybridized carbons (Fsp3) is 0.154. The maximum Gasteiger partial charge on any atom is 0.252 e. The van der Waals surface area contributed by atoms with Crippen molar-refractivity contribution in [2.24, 2.45) is 0 Å². The Kier molecular flexibility index (Phi) is 6.10. The standard InChI is InChI=1S/C26H23ClN2O/c1-18(11-12-19-7-3-2-4-8-19)28-26(30)23-17-25(20-13-15-21(27)16-14-20)29-24-10-6-5-9-22(23)24/h2-10,13-18H,11-12H2,1H3,(H,28,30). The average Bonchev–Trinajstić information content (AvgIpc) is 2.78. The number of carbonyl (C=O) groups excluding carboxylic acids is 1. The Morgan fingerprint density at radius 2 is 1.67 bits per heavy atom. The number of carbonyl (C=O) groups is 1. The summed E-state index contributed by atoms with van der Waals surface area (Å²) in [7, 11) is 0. The molecule has 3 nitrogen and oxygen atoms in total. The lowest BCUT2D eigenvalue weighted by molar-refractivity contribution is 0.0940. The first kappa shape index (κ1) is 20.1. The van der Waals surface area contributed by atoms with Crippen LogP contribution in [-0.2, 0) is 6.42 Å². The van der Waals surface area contributed by atoms with Crippen LogP contribution in [-0.4, -0.2) is 16.9 Å². The van der Waals surface area contributed by atoms with Crippen LogP contribution in [0.5, 0.6) is 0 Å². The molecule has 0 saturated carbocycles. The third-order valence-corrected chi connectivity index (χ3v) is 5.44. The first-order valence-electron chi connectivity index (χ1n) is 10.1. The van der Waals surface area contributed by atoms with E-state index >= 15 is 0 Å². The normalized spacial score (nSPS) is 11.9. The van der Waals surface area contributed by atoms with Gasteiger partial charge in [-0.25, -0.2) is 4.98 Å². The molecule has 30 heavy (non-hydrogen) atoms. The van der Waals surface area contributed by atoms with Crippen LogP contribution in [0.25, 0.3) is 22.2 Å². The quantitative estimate of drug-likeness (QED) is 0.402. The molecule has 1 N–H and O–H groups in total. The highest BCUT2D eigenvalue weighted by molar-refractivity contribution is 6.30. The van der Waals surface area contributed by atoms with Gasteiger partial charge >= 0.3 is 0 Å². The second-order valence-corrected chi connectivity index (χ2v) is 7.91. The van der Waals surface area contributed by atoms with Crippen LogP contribution in [0.3, 0.4) is 0 Å². The van der Waals surface area contributed by atoms with Gasteiger partial charge in [0.25, 0.3) is 5.91 Å². The molecule has 4 heteroatoms. The van der Waals surface area contributed by atoms with Gasteiger partial charge in [0, 0.05) is 22.0 Å². The van der Waals surface area contributed by atoms with Gasteiger partial charge in [0.1, 0.15) is 0 Å². The predicted octanol–water partition coefficient (Wildman–Crippen LogP) is 6.31. The smallest absolute Gasteiger partial charge is 0.252 e. The summed E-state index contributed by atoms with van der Waals surface area (Å²) >= 11 is 6.02. The van der Waals surface area contributed by atoms with Crippen LogP contribution < -0.4 is 5.32 Å². The van der Waals surface area contributed by atoms with E-state index < -0.39 is 0 Å². The molecule has 0 radical (unpaired) electrons. The van der Waals surface area contributed by atoms with Gasteiger partial charge in [0.2, 0.25) is 0 Å². The number of pyridine rings is 1. The molecule has 0 aliphatic rings. The van der Waals surface area contributed by atoms with E-state index in [0.29, 0.717) is 10.6 Å². The summed E-state index contributed by atoms with van der Waals surface area (Å²) in [5, 5.41) is 4.68. The van der Waals surface area contributed by atoms with Crippen LogP contribution in [0.1, 0.15) is 29.3 Å². The Morgan fingerprint density at radius 3 is 2.43 bits per heavy atom. The van der Waals surface area contributed by atoms with Crippen molar-refractivity contribution in [2.75, 3.05) is 0 Å². The molecule has 1 atom stereocenters. The molecule has 3 aromatic carbocycles. The molecule has 0 spiro atoms. The summed E-state index contributed by atoms with van der Waals surface area (Å²) < 4.78 is 0. The zero-order valence-electron chi connectivity index (χ0n) is 16.8. The zero-order chi connectivity index (χ0) is 20.9. The number of amides is 1. The number of nitrogens with zero attached hydrogens (tertiary/aromatic N) is 1. The van der Waals surface area contributed by atoms with Crippen molar-refractivity contribution in [3.05, 3.63) is 101 Å². The van der Waals surface area contributed by atoms with Gasteiger partial charge in [-0.15, -0.1) is 0 Å². The van der Waals surface area contributed by atoms with E-state index in [1.165, 1.54) is 5.56 Å². The van der Waals surface area contributed by atoms with E-state index in [-0.39, 0.29) is 11.9 Å². The van der Waals surface area contributed by atoms with Crippen molar-refractivity contribution < 1.29 is 4.79 Å². The number of halogens is 1. The molecule has 1 unspecified atom stereocenters. The van der Waals surface area contributed by atoms with E-state index in [1.54, 1.807) is 0 Å².